The number of methoxy groups -OCH3 is 3. The van der Waals surface area contributed by atoms with E-state index in [-0.39, 0.29) is 55.4 Å². The van der Waals surface area contributed by atoms with E-state index in [4.69, 9.17) is 34.2 Å². The molecule has 0 unspecified atom stereocenters. The number of nitrogens with zero attached hydrogens (tertiary/aromatic N) is 2. The van der Waals surface area contributed by atoms with Gasteiger partial charge in [0.2, 0.25) is 11.8 Å². The van der Waals surface area contributed by atoms with E-state index in [1.54, 1.807) is 41.3 Å². The van der Waals surface area contributed by atoms with Gasteiger partial charge >= 0.3 is 24.0 Å². The number of morpholine rings is 1. The Morgan fingerprint density at radius 1 is 0.825 bits per heavy atom. The number of cyclic esters (lactones) is 1. The van der Waals surface area contributed by atoms with Crippen LogP contribution in [0.15, 0.2) is 103 Å². The van der Waals surface area contributed by atoms with Gasteiger partial charge in [-0.25, -0.2) is 9.69 Å². The Labute approximate surface area is 362 Å². The summed E-state index contributed by atoms with van der Waals surface area (Å²) in [7, 11) is 3.67. The minimum atomic E-state index is -2.21. The summed E-state index contributed by atoms with van der Waals surface area (Å²) in [4.78, 5) is 87.1. The fraction of sp³-hybridized carbons (Fsp3) is 0.319. The first kappa shape index (κ1) is 44.0. The topological polar surface area (TPSA) is 211 Å². The molecule has 326 valence electrons. The second-order valence-corrected chi connectivity index (χ2v) is 14.9. The van der Waals surface area contributed by atoms with E-state index in [0.29, 0.717) is 16.7 Å². The minimum Gasteiger partial charge on any atom is -0.491 e. The van der Waals surface area contributed by atoms with Gasteiger partial charge < -0.3 is 39.3 Å². The molecule has 3 aliphatic heterocycles. The van der Waals surface area contributed by atoms with Gasteiger partial charge in [0.05, 0.1) is 51.1 Å². The number of amides is 3. The fourth-order valence-corrected chi connectivity index (χ4v) is 9.04. The predicted octanol–water partition coefficient (Wildman–Crippen LogP) is 3.70. The van der Waals surface area contributed by atoms with Gasteiger partial charge in [-0.15, -0.1) is 0 Å². The molecule has 16 nitrogen and oxygen atoms in total. The van der Waals surface area contributed by atoms with Crippen LogP contribution in [-0.2, 0) is 53.1 Å². The molecular weight excluding hydrogens is 815 g/mol. The van der Waals surface area contributed by atoms with E-state index in [0.717, 1.165) is 19.1 Å². The van der Waals surface area contributed by atoms with Crippen LogP contribution in [0, 0.1) is 23.7 Å². The summed E-state index contributed by atoms with van der Waals surface area (Å²) in [5, 5.41) is 9.92. The van der Waals surface area contributed by atoms with E-state index in [9.17, 15) is 29.1 Å². The Kier molecular flexibility index (Phi) is 13.2. The van der Waals surface area contributed by atoms with Crippen molar-refractivity contribution in [1.82, 2.24) is 4.90 Å². The van der Waals surface area contributed by atoms with Crippen LogP contribution in [0.4, 0.5) is 10.5 Å². The summed E-state index contributed by atoms with van der Waals surface area (Å²) in [6, 6.07) is 25.7. The van der Waals surface area contributed by atoms with E-state index < -0.39 is 77.3 Å². The van der Waals surface area contributed by atoms with Crippen LogP contribution < -0.4 is 15.4 Å². The predicted molar refractivity (Wildman–Crippen MR) is 222 cm³/mol. The summed E-state index contributed by atoms with van der Waals surface area (Å²) >= 11 is 0. The maximum absolute atomic E-state index is 15.9. The van der Waals surface area contributed by atoms with Crippen LogP contribution in [0.25, 0.3) is 0 Å². The lowest BCUT2D eigenvalue weighted by Gasteiger charge is -2.46. The number of para-hydroxylation sites is 1. The number of aliphatic hydroxyl groups is 1. The van der Waals surface area contributed by atoms with Crippen LogP contribution in [-0.4, -0.2) is 99.6 Å². The number of imide groups is 1. The molecule has 0 radical (unpaired) electrons. The Morgan fingerprint density at radius 3 is 2.11 bits per heavy atom. The highest BCUT2D eigenvalue weighted by atomic mass is 16.6. The molecule has 63 heavy (non-hydrogen) atoms. The molecule has 3 N–H and O–H groups in total. The number of nitrogens with two attached hydrogens (primary N) is 1. The first-order chi connectivity index (χ1) is 30.5. The first-order valence-corrected chi connectivity index (χ1v) is 20.0. The van der Waals surface area contributed by atoms with Crippen molar-refractivity contribution in [3.8, 4) is 17.6 Å². The minimum absolute atomic E-state index is 0.00186. The smallest absolute Gasteiger partial charge is 0.421 e. The van der Waals surface area contributed by atoms with E-state index in [1.165, 1.54) is 25.3 Å². The maximum atomic E-state index is 15.9. The van der Waals surface area contributed by atoms with E-state index in [2.05, 4.69) is 11.8 Å². The number of aliphatic hydroxyl groups excluding tert-OH is 1. The molecule has 2 saturated heterocycles. The number of anilines is 1. The summed E-state index contributed by atoms with van der Waals surface area (Å²) in [5.74, 6) is -1.64. The van der Waals surface area contributed by atoms with Crippen LogP contribution in [0.3, 0.4) is 0 Å². The SMILES string of the molecule is COCCOC(=O)N1C(=O)[C@@]2(c3cc(C#CCC(C(=O)OC)C(=O)OC)ccc31)[C@H](c1ccccc1OCCO)N1[C@H](c3ccccc3)[C@H](c3ccccc3)OC(=O)[C@H]1[C@@H]2C(N)=O. The van der Waals surface area contributed by atoms with Crippen molar-refractivity contribution < 1.29 is 62.3 Å². The molecule has 1 spiro atoms. The van der Waals surface area contributed by atoms with Crippen molar-refractivity contribution in [2.45, 2.75) is 36.1 Å². The van der Waals surface area contributed by atoms with Gasteiger partial charge in [0.25, 0.3) is 0 Å². The number of primary amides is 1. The van der Waals surface area contributed by atoms with Gasteiger partial charge in [-0.2, -0.15) is 0 Å². The average molecular weight is 860 g/mol. The van der Waals surface area contributed by atoms with Gasteiger partial charge in [0.15, 0.2) is 5.92 Å². The normalized spacial score (nSPS) is 22.4. The zero-order valence-electron chi connectivity index (χ0n) is 34.6. The molecule has 0 bridgehead atoms. The number of rotatable bonds is 13. The Morgan fingerprint density at radius 2 is 1.48 bits per heavy atom. The zero-order chi connectivity index (χ0) is 44.8. The summed E-state index contributed by atoms with van der Waals surface area (Å²) < 4.78 is 32.7. The number of ether oxygens (including phenoxy) is 6. The lowest BCUT2D eigenvalue weighted by Crippen LogP contribution is -2.55. The first-order valence-electron chi connectivity index (χ1n) is 20.0. The molecule has 3 aliphatic rings. The number of hydrogen-bond acceptors (Lipinski definition) is 14. The van der Waals surface area contributed by atoms with Gasteiger partial charge in [0.1, 0.15) is 36.5 Å². The van der Waals surface area contributed by atoms with Crippen LogP contribution in [0.1, 0.15) is 52.4 Å². The molecule has 3 amide bonds. The van der Waals surface area contributed by atoms with E-state index in [1.807, 2.05) is 48.5 Å². The van der Waals surface area contributed by atoms with Crippen molar-refractivity contribution in [3.05, 3.63) is 131 Å². The Hall–Kier alpha value is -7.06. The average Bonchev–Trinajstić information content (AvgIpc) is 3.76. The Bertz CT molecular complexity index is 2440. The standard InChI is InChI=1S/C47H45N3O13/c1-58-25-26-62-46(57)49-34-22-21-28(13-12-19-32(42(53)59-2)43(54)60-3)27-33(34)47(45(49)56)36(41(48)52)38-44(55)63-39(30-16-8-5-9-17-30)37(29-14-6-4-7-15-29)50(38)40(47)31-18-10-11-20-35(31)61-24-23-51/h4-11,14-18,20-22,27,32,36-40,51H,19,23-26H2,1-3H3,(H2,48,52)/t36-,37-,38-,39+,40+,47-/m1/s1. The van der Waals surface area contributed by atoms with Crippen molar-refractivity contribution in [2.75, 3.05) is 52.7 Å². The number of fused-ring (bicyclic) bond motifs is 3. The Balaban J connectivity index is 1.54. The zero-order valence-corrected chi connectivity index (χ0v) is 34.6. The molecule has 2 fully saturated rings. The number of hydrogen-bond donors (Lipinski definition) is 2. The molecule has 7 rings (SSSR count). The van der Waals surface area contributed by atoms with Gasteiger partial charge in [-0.3, -0.25) is 28.9 Å². The highest BCUT2D eigenvalue weighted by Crippen LogP contribution is 2.66. The second kappa shape index (κ2) is 18.9. The molecule has 4 aromatic rings. The number of carbonyl (C=O) groups excluding carboxylic acids is 6. The van der Waals surface area contributed by atoms with Gasteiger partial charge in [0, 0.05) is 24.7 Å². The monoisotopic (exact) mass is 859 g/mol. The molecule has 6 atom stereocenters. The van der Waals surface area contributed by atoms with Crippen molar-refractivity contribution >= 4 is 41.5 Å². The number of benzene rings is 4. The third-order valence-corrected chi connectivity index (χ3v) is 11.5. The van der Waals surface area contributed by atoms with Crippen molar-refractivity contribution in [3.63, 3.8) is 0 Å². The summed E-state index contributed by atoms with van der Waals surface area (Å²) in [6.07, 6.45) is -2.38. The van der Waals surface area contributed by atoms with E-state index >= 15 is 4.79 Å². The quantitative estimate of drug-likeness (QED) is 0.0646. The highest BCUT2D eigenvalue weighted by molar-refractivity contribution is 6.23. The van der Waals surface area contributed by atoms with Crippen LogP contribution in [0.5, 0.6) is 5.75 Å². The maximum Gasteiger partial charge on any atom is 0.421 e. The van der Waals surface area contributed by atoms with Gasteiger partial charge in [-0.05, 0) is 41.0 Å². The lowest BCUT2D eigenvalue weighted by molar-refractivity contribution is -0.178. The fourth-order valence-electron chi connectivity index (χ4n) is 9.04. The molecule has 16 heteroatoms. The summed E-state index contributed by atoms with van der Waals surface area (Å²) in [5.41, 5.74) is 6.18. The van der Waals surface area contributed by atoms with Crippen LogP contribution >= 0.6 is 0 Å². The molecule has 0 aromatic heterocycles. The molecule has 4 aromatic carbocycles. The highest BCUT2D eigenvalue weighted by Gasteiger charge is 2.76. The van der Waals surface area contributed by atoms with Crippen LogP contribution in [0.2, 0.25) is 0 Å². The molecular formula is C47H45N3O13. The van der Waals surface area contributed by atoms with Gasteiger partial charge in [-0.1, -0.05) is 90.7 Å². The number of esters is 3. The molecule has 3 heterocycles. The summed E-state index contributed by atoms with van der Waals surface area (Å²) in [6.45, 7) is -0.755. The third-order valence-electron chi connectivity index (χ3n) is 11.5. The van der Waals surface area contributed by atoms with Crippen molar-refractivity contribution in [1.29, 1.82) is 0 Å². The molecule has 0 saturated carbocycles. The lowest BCUT2D eigenvalue weighted by atomic mass is 9.65. The number of carbonyl (C=O) groups is 6. The largest absolute Gasteiger partial charge is 0.491 e. The van der Waals surface area contributed by atoms with Crippen molar-refractivity contribution in [2.24, 2.45) is 17.6 Å². The third kappa shape index (κ3) is 7.86. The molecule has 0 aliphatic carbocycles. The second-order valence-electron chi connectivity index (χ2n) is 14.9.